The van der Waals surface area contributed by atoms with Crippen LogP contribution in [0.25, 0.3) is 0 Å². The predicted octanol–water partition coefficient (Wildman–Crippen LogP) is 2.26. The fraction of sp³-hybridized carbons (Fsp3) is 0.417. The number of carbonyl (C=O) groups is 1. The number of hydrogen-bond acceptors (Lipinski definition) is 2. The van der Waals surface area contributed by atoms with E-state index in [2.05, 4.69) is 0 Å². The van der Waals surface area contributed by atoms with Crippen LogP contribution in [0.3, 0.4) is 0 Å². The lowest BCUT2D eigenvalue weighted by atomic mass is 10.1. The van der Waals surface area contributed by atoms with Gasteiger partial charge in [-0.2, -0.15) is 13.2 Å². The molecule has 2 N–H and O–H groups in total. The lowest BCUT2D eigenvalue weighted by molar-refractivity contribution is -0.140. The van der Waals surface area contributed by atoms with Gasteiger partial charge in [-0.15, -0.1) is 0 Å². The average molecular weight is 278 g/mol. The van der Waals surface area contributed by atoms with E-state index in [1.807, 2.05) is 0 Å². The van der Waals surface area contributed by atoms with Crippen LogP contribution in [-0.4, -0.2) is 30.4 Å². The molecular weight excluding hydrogens is 264 g/mol. The highest BCUT2D eigenvalue weighted by atomic mass is 19.4. The molecule has 0 aromatic heterocycles. The summed E-state index contributed by atoms with van der Waals surface area (Å²) in [5.41, 5.74) is 3.29. The Morgan fingerprint density at radius 2 is 2.00 bits per heavy atom. The molecule has 0 aliphatic rings. The zero-order chi connectivity index (χ0) is 14.8. The third-order valence-corrected chi connectivity index (χ3v) is 2.86. The maximum absolute atomic E-state index is 13.7. The van der Waals surface area contributed by atoms with Gasteiger partial charge in [0.05, 0.1) is 11.1 Å². The summed E-state index contributed by atoms with van der Waals surface area (Å²) < 4.78 is 51.3. The van der Waals surface area contributed by atoms with Crippen molar-refractivity contribution < 1.29 is 22.4 Å². The molecule has 0 aliphatic heterocycles. The quantitative estimate of drug-likeness (QED) is 0.862. The third-order valence-electron chi connectivity index (χ3n) is 2.86. The number of amides is 1. The van der Waals surface area contributed by atoms with Crippen LogP contribution in [0, 0.1) is 5.82 Å². The molecule has 1 amide bonds. The minimum Gasteiger partial charge on any atom is -0.338 e. The maximum atomic E-state index is 13.7. The van der Waals surface area contributed by atoms with Crippen molar-refractivity contribution in [1.29, 1.82) is 0 Å². The second-order valence-electron chi connectivity index (χ2n) is 4.17. The van der Waals surface area contributed by atoms with Gasteiger partial charge in [0, 0.05) is 19.6 Å². The number of benzene rings is 1. The van der Waals surface area contributed by atoms with Crippen molar-refractivity contribution >= 4 is 5.91 Å². The van der Waals surface area contributed by atoms with Crippen molar-refractivity contribution in [2.75, 3.05) is 13.6 Å². The third kappa shape index (κ3) is 3.23. The summed E-state index contributed by atoms with van der Waals surface area (Å²) in [4.78, 5) is 13.0. The monoisotopic (exact) mass is 278 g/mol. The molecule has 1 unspecified atom stereocenters. The van der Waals surface area contributed by atoms with Crippen molar-refractivity contribution in [2.24, 2.45) is 5.73 Å². The van der Waals surface area contributed by atoms with Crippen LogP contribution in [0.5, 0.6) is 0 Å². The lowest BCUT2D eigenvalue weighted by Gasteiger charge is -2.24. The first-order valence-electron chi connectivity index (χ1n) is 5.53. The minimum atomic E-state index is -4.83. The summed E-state index contributed by atoms with van der Waals surface area (Å²) >= 11 is 0. The molecule has 0 fully saturated rings. The van der Waals surface area contributed by atoms with E-state index >= 15 is 0 Å². The van der Waals surface area contributed by atoms with Crippen molar-refractivity contribution in [1.82, 2.24) is 4.90 Å². The van der Waals surface area contributed by atoms with Crippen molar-refractivity contribution in [2.45, 2.75) is 19.1 Å². The Bertz CT molecular complexity index is 473. The SMILES string of the molecule is CC(CN)N(C)C(=O)c1cccc(C(F)(F)F)c1F. The van der Waals surface area contributed by atoms with Gasteiger partial charge in [0.15, 0.2) is 0 Å². The molecule has 7 heteroatoms. The molecule has 1 aromatic carbocycles. The number of rotatable bonds is 3. The van der Waals surface area contributed by atoms with Gasteiger partial charge < -0.3 is 10.6 Å². The molecule has 106 valence electrons. The van der Waals surface area contributed by atoms with Gasteiger partial charge in [0.1, 0.15) is 5.82 Å². The Kier molecular flexibility index (Phi) is 4.52. The Morgan fingerprint density at radius 3 is 2.47 bits per heavy atom. The van der Waals surface area contributed by atoms with Crippen LogP contribution in [0.2, 0.25) is 0 Å². The van der Waals surface area contributed by atoms with E-state index < -0.39 is 35.1 Å². The summed E-state index contributed by atoms with van der Waals surface area (Å²) in [7, 11) is 1.36. The average Bonchev–Trinajstić information content (AvgIpc) is 2.35. The normalized spacial score (nSPS) is 13.2. The Hall–Kier alpha value is -1.63. The standard InChI is InChI=1S/C12H14F4N2O/c1-7(6-17)18(2)11(19)8-4-3-5-9(10(8)13)12(14,15)16/h3-5,7H,6,17H2,1-2H3. The summed E-state index contributed by atoms with van der Waals surface area (Å²) in [5, 5.41) is 0. The molecule has 0 saturated carbocycles. The smallest absolute Gasteiger partial charge is 0.338 e. The summed E-state index contributed by atoms with van der Waals surface area (Å²) in [6.07, 6.45) is -4.83. The highest BCUT2D eigenvalue weighted by Gasteiger charge is 2.36. The number of likely N-dealkylation sites (N-methyl/N-ethyl adjacent to an activating group) is 1. The topological polar surface area (TPSA) is 46.3 Å². The van der Waals surface area contributed by atoms with Crippen molar-refractivity contribution in [3.63, 3.8) is 0 Å². The van der Waals surface area contributed by atoms with Gasteiger partial charge in [-0.05, 0) is 19.1 Å². The molecule has 1 rings (SSSR count). The van der Waals surface area contributed by atoms with Crippen molar-refractivity contribution in [3.05, 3.63) is 35.1 Å². The zero-order valence-corrected chi connectivity index (χ0v) is 10.5. The summed E-state index contributed by atoms with van der Waals surface area (Å²) in [6, 6.07) is 2.21. The zero-order valence-electron chi connectivity index (χ0n) is 10.5. The number of hydrogen-bond donors (Lipinski definition) is 1. The Morgan fingerprint density at radius 1 is 1.42 bits per heavy atom. The van der Waals surface area contributed by atoms with Crippen LogP contribution >= 0.6 is 0 Å². The molecule has 1 aromatic rings. The largest absolute Gasteiger partial charge is 0.419 e. The predicted molar refractivity (Wildman–Crippen MR) is 62.0 cm³/mol. The van der Waals surface area contributed by atoms with Gasteiger partial charge in [0.2, 0.25) is 0 Å². The molecule has 3 nitrogen and oxygen atoms in total. The van der Waals surface area contributed by atoms with E-state index in [0.717, 1.165) is 17.0 Å². The van der Waals surface area contributed by atoms with Crippen LogP contribution in [-0.2, 0) is 6.18 Å². The van der Waals surface area contributed by atoms with E-state index in [1.165, 1.54) is 7.05 Å². The second-order valence-corrected chi connectivity index (χ2v) is 4.17. The number of nitrogens with two attached hydrogens (primary N) is 1. The van der Waals surface area contributed by atoms with Gasteiger partial charge in [0.25, 0.3) is 5.91 Å². The summed E-state index contributed by atoms with van der Waals surface area (Å²) in [6.45, 7) is 1.74. The first-order chi connectivity index (χ1) is 8.70. The van der Waals surface area contributed by atoms with Gasteiger partial charge in [-0.1, -0.05) is 6.07 Å². The first kappa shape index (κ1) is 15.4. The van der Waals surface area contributed by atoms with E-state index in [0.29, 0.717) is 6.07 Å². The van der Waals surface area contributed by atoms with E-state index in [4.69, 9.17) is 5.73 Å². The Labute approximate surface area is 108 Å². The molecule has 0 radical (unpaired) electrons. The highest BCUT2D eigenvalue weighted by molar-refractivity contribution is 5.94. The van der Waals surface area contributed by atoms with Gasteiger partial charge in [-0.3, -0.25) is 4.79 Å². The minimum absolute atomic E-state index is 0.128. The molecule has 0 spiro atoms. The molecule has 0 heterocycles. The van der Waals surface area contributed by atoms with E-state index in [9.17, 15) is 22.4 Å². The summed E-state index contributed by atoms with van der Waals surface area (Å²) in [5.74, 6) is -2.39. The van der Waals surface area contributed by atoms with E-state index in [-0.39, 0.29) is 6.54 Å². The fourth-order valence-corrected chi connectivity index (χ4v) is 1.46. The van der Waals surface area contributed by atoms with Gasteiger partial charge >= 0.3 is 6.18 Å². The number of carbonyl (C=O) groups excluding carboxylic acids is 1. The molecule has 0 bridgehead atoms. The number of halogens is 4. The lowest BCUT2D eigenvalue weighted by Crippen LogP contribution is -2.40. The highest BCUT2D eigenvalue weighted by Crippen LogP contribution is 2.32. The molecule has 1 atom stereocenters. The first-order valence-corrected chi connectivity index (χ1v) is 5.53. The molecule has 19 heavy (non-hydrogen) atoms. The van der Waals surface area contributed by atoms with Crippen LogP contribution in [0.15, 0.2) is 18.2 Å². The fourth-order valence-electron chi connectivity index (χ4n) is 1.46. The Balaban J connectivity index is 3.19. The van der Waals surface area contributed by atoms with Crippen LogP contribution in [0.1, 0.15) is 22.8 Å². The van der Waals surface area contributed by atoms with Crippen molar-refractivity contribution in [3.8, 4) is 0 Å². The molecule has 0 aliphatic carbocycles. The molecular formula is C12H14F4N2O. The second kappa shape index (κ2) is 5.56. The van der Waals surface area contributed by atoms with Crippen LogP contribution in [0.4, 0.5) is 17.6 Å². The van der Waals surface area contributed by atoms with E-state index in [1.54, 1.807) is 6.92 Å². The van der Waals surface area contributed by atoms with Gasteiger partial charge in [-0.25, -0.2) is 4.39 Å². The molecule has 0 saturated heterocycles. The van der Waals surface area contributed by atoms with Crippen LogP contribution < -0.4 is 5.73 Å². The number of alkyl halides is 3. The number of nitrogens with zero attached hydrogens (tertiary/aromatic N) is 1. The maximum Gasteiger partial charge on any atom is 0.419 e.